The molecule has 0 saturated carbocycles. The molecule has 1 rings (SSSR count). The highest BCUT2D eigenvalue weighted by Crippen LogP contribution is 2.18. The van der Waals surface area contributed by atoms with Crippen molar-refractivity contribution in [3.63, 3.8) is 0 Å². The van der Waals surface area contributed by atoms with E-state index in [1.807, 2.05) is 0 Å². The Bertz CT molecular complexity index is 546. The zero-order chi connectivity index (χ0) is 13.8. The van der Waals surface area contributed by atoms with Gasteiger partial charge in [-0.05, 0) is 23.1 Å². The fourth-order valence-corrected chi connectivity index (χ4v) is 2.57. The van der Waals surface area contributed by atoms with Gasteiger partial charge in [-0.2, -0.15) is 17.4 Å². The molecule has 2 N–H and O–H groups in total. The molecule has 18 heavy (non-hydrogen) atoms. The molecule has 0 aromatic carbocycles. The van der Waals surface area contributed by atoms with Crippen LogP contribution < -0.4 is 4.72 Å². The summed E-state index contributed by atoms with van der Waals surface area (Å²) in [6, 6.07) is 1.74. The number of hydrogen-bond donors (Lipinski definition) is 2. The predicted molar refractivity (Wildman–Crippen MR) is 70.4 cm³/mol. The molecular formula is C10H14N2O4S2. The number of carbonyl (C=O) groups is 1. The second-order valence-corrected chi connectivity index (χ2v) is 6.55. The predicted octanol–water partition coefficient (Wildman–Crippen LogP) is 0.742. The van der Waals surface area contributed by atoms with Gasteiger partial charge in [0.05, 0.1) is 0 Å². The highest BCUT2D eigenvalue weighted by atomic mass is 32.2. The maximum absolute atomic E-state index is 11.5. The van der Waals surface area contributed by atoms with Gasteiger partial charge in [-0.3, -0.25) is 0 Å². The third kappa shape index (κ3) is 4.22. The molecule has 0 aliphatic carbocycles. The van der Waals surface area contributed by atoms with Crippen LogP contribution in [0.15, 0.2) is 17.5 Å². The van der Waals surface area contributed by atoms with Gasteiger partial charge in [-0.15, -0.1) is 11.3 Å². The van der Waals surface area contributed by atoms with E-state index in [2.05, 4.69) is 4.72 Å². The van der Waals surface area contributed by atoms with E-state index in [-0.39, 0.29) is 6.54 Å². The van der Waals surface area contributed by atoms with Gasteiger partial charge in [-0.1, -0.05) is 0 Å². The van der Waals surface area contributed by atoms with Crippen molar-refractivity contribution in [3.05, 3.63) is 28.0 Å². The fraction of sp³-hybridized carbons (Fsp3) is 0.300. The molecule has 0 atom stereocenters. The average molecular weight is 290 g/mol. The first-order valence-electron chi connectivity index (χ1n) is 4.97. The lowest BCUT2D eigenvalue weighted by atomic mass is 10.2. The summed E-state index contributed by atoms with van der Waals surface area (Å²) in [4.78, 5) is 11.2. The molecule has 1 aromatic rings. The lowest BCUT2D eigenvalue weighted by molar-refractivity contribution is -0.131. The number of nitrogens with zero attached hydrogens (tertiary/aromatic N) is 1. The van der Waals surface area contributed by atoms with Gasteiger partial charge in [0.1, 0.15) is 0 Å². The molecule has 0 fully saturated rings. The Labute approximate surface area is 110 Å². The molecule has 1 heterocycles. The van der Waals surface area contributed by atoms with Gasteiger partial charge in [-0.25, -0.2) is 4.79 Å². The quantitative estimate of drug-likeness (QED) is 0.757. The minimum absolute atomic E-state index is 0.136. The summed E-state index contributed by atoms with van der Waals surface area (Å²) in [5.41, 5.74) is 0.698. The largest absolute Gasteiger partial charge is 0.478 e. The normalized spacial score (nSPS) is 12.4. The molecule has 6 nitrogen and oxygen atoms in total. The first kappa shape index (κ1) is 14.8. The van der Waals surface area contributed by atoms with Gasteiger partial charge in [0.2, 0.25) is 0 Å². The highest BCUT2D eigenvalue weighted by molar-refractivity contribution is 7.87. The van der Waals surface area contributed by atoms with Crippen molar-refractivity contribution in [1.29, 1.82) is 0 Å². The topological polar surface area (TPSA) is 86.7 Å². The number of carboxylic acid groups (broad SMARTS) is 1. The Morgan fingerprint density at radius 3 is 2.78 bits per heavy atom. The monoisotopic (exact) mass is 290 g/mol. The van der Waals surface area contributed by atoms with Crippen LogP contribution >= 0.6 is 11.3 Å². The van der Waals surface area contributed by atoms with Crippen LogP contribution in [0.2, 0.25) is 0 Å². The first-order chi connectivity index (χ1) is 8.33. The average Bonchev–Trinajstić information content (AvgIpc) is 2.70. The Morgan fingerprint density at radius 2 is 2.22 bits per heavy atom. The number of nitrogens with one attached hydrogen (secondary N) is 1. The second kappa shape index (κ2) is 6.10. The molecule has 8 heteroatoms. The van der Waals surface area contributed by atoms with Gasteiger partial charge < -0.3 is 5.11 Å². The summed E-state index contributed by atoms with van der Waals surface area (Å²) in [6.07, 6.45) is 2.46. The van der Waals surface area contributed by atoms with E-state index < -0.39 is 16.2 Å². The standard InChI is InChI=1S/C10H14N2O4S2/c1-12(2)18(15,16)11-7-9-8(5-6-17-9)3-4-10(13)14/h3-6,11H,7H2,1-2H3,(H,13,14). The van der Waals surface area contributed by atoms with Crippen molar-refractivity contribution in [3.8, 4) is 0 Å². The molecule has 1 aromatic heterocycles. The zero-order valence-electron chi connectivity index (χ0n) is 9.95. The summed E-state index contributed by atoms with van der Waals surface area (Å²) in [5, 5.41) is 10.3. The van der Waals surface area contributed by atoms with E-state index in [9.17, 15) is 13.2 Å². The summed E-state index contributed by atoms with van der Waals surface area (Å²) in [5.74, 6) is -1.04. The van der Waals surface area contributed by atoms with Gasteiger partial charge in [0.15, 0.2) is 0 Å². The number of rotatable bonds is 6. The van der Waals surface area contributed by atoms with E-state index in [0.29, 0.717) is 5.56 Å². The molecule has 0 aliphatic rings. The van der Waals surface area contributed by atoms with E-state index in [4.69, 9.17) is 5.11 Å². The molecule has 100 valence electrons. The highest BCUT2D eigenvalue weighted by Gasteiger charge is 2.13. The SMILES string of the molecule is CN(C)S(=O)(=O)NCc1sccc1C=CC(=O)O. The van der Waals surface area contributed by atoms with Crippen LogP contribution in [0.5, 0.6) is 0 Å². The summed E-state index contributed by atoms with van der Waals surface area (Å²) >= 11 is 1.36. The minimum atomic E-state index is -3.47. The maximum atomic E-state index is 11.5. The molecule has 0 spiro atoms. The zero-order valence-corrected chi connectivity index (χ0v) is 11.6. The molecule has 0 aliphatic heterocycles. The van der Waals surface area contributed by atoms with Crippen molar-refractivity contribution in [2.45, 2.75) is 6.54 Å². The lowest BCUT2D eigenvalue weighted by Crippen LogP contribution is -2.35. The number of aliphatic carboxylic acids is 1. The van der Waals surface area contributed by atoms with Crippen molar-refractivity contribution in [2.75, 3.05) is 14.1 Å². The van der Waals surface area contributed by atoms with Crippen molar-refractivity contribution >= 4 is 33.6 Å². The number of carboxylic acids is 1. The minimum Gasteiger partial charge on any atom is -0.478 e. The van der Waals surface area contributed by atoms with Crippen LogP contribution in [0, 0.1) is 0 Å². The van der Waals surface area contributed by atoms with E-state index >= 15 is 0 Å². The van der Waals surface area contributed by atoms with Crippen molar-refractivity contribution in [2.24, 2.45) is 0 Å². The molecular weight excluding hydrogens is 276 g/mol. The van der Waals surface area contributed by atoms with Gasteiger partial charge >= 0.3 is 5.97 Å². The van der Waals surface area contributed by atoms with Crippen LogP contribution in [0.4, 0.5) is 0 Å². The smallest absolute Gasteiger partial charge is 0.328 e. The Kier molecular flexibility index (Phi) is 5.03. The fourth-order valence-electron chi connectivity index (χ4n) is 1.09. The molecule has 0 radical (unpaired) electrons. The van der Waals surface area contributed by atoms with E-state index in [1.165, 1.54) is 31.5 Å². The second-order valence-electron chi connectivity index (χ2n) is 3.58. The molecule has 0 unspecified atom stereocenters. The van der Waals surface area contributed by atoms with Crippen LogP contribution in [0.3, 0.4) is 0 Å². The molecule has 0 bridgehead atoms. The van der Waals surface area contributed by atoms with Crippen LogP contribution in [-0.4, -0.2) is 37.9 Å². The molecule has 0 amide bonds. The van der Waals surface area contributed by atoms with Crippen molar-refractivity contribution in [1.82, 2.24) is 9.03 Å². The summed E-state index contributed by atoms with van der Waals surface area (Å²) in [6.45, 7) is 0.136. The van der Waals surface area contributed by atoms with E-state index in [0.717, 1.165) is 15.3 Å². The van der Waals surface area contributed by atoms with Crippen LogP contribution in [0.25, 0.3) is 6.08 Å². The van der Waals surface area contributed by atoms with E-state index in [1.54, 1.807) is 11.4 Å². The summed E-state index contributed by atoms with van der Waals surface area (Å²) < 4.78 is 26.5. The first-order valence-corrected chi connectivity index (χ1v) is 7.29. The van der Waals surface area contributed by atoms with Crippen LogP contribution in [0.1, 0.15) is 10.4 Å². The number of thiophene rings is 1. The summed E-state index contributed by atoms with van der Waals surface area (Å²) in [7, 11) is -0.608. The number of hydrogen-bond acceptors (Lipinski definition) is 4. The third-order valence-electron chi connectivity index (χ3n) is 2.08. The Balaban J connectivity index is 2.75. The van der Waals surface area contributed by atoms with Crippen LogP contribution in [-0.2, 0) is 21.5 Å². The Morgan fingerprint density at radius 1 is 1.56 bits per heavy atom. The van der Waals surface area contributed by atoms with Gasteiger partial charge in [0, 0.05) is 31.6 Å². The maximum Gasteiger partial charge on any atom is 0.328 e. The third-order valence-corrected chi connectivity index (χ3v) is 4.49. The van der Waals surface area contributed by atoms with Crippen molar-refractivity contribution < 1.29 is 18.3 Å². The molecule has 0 saturated heterocycles. The lowest BCUT2D eigenvalue weighted by Gasteiger charge is -2.11. The Hall–Kier alpha value is -1.22. The van der Waals surface area contributed by atoms with Gasteiger partial charge in [0.25, 0.3) is 10.2 Å².